The lowest BCUT2D eigenvalue weighted by Crippen LogP contribution is -2.31. The van der Waals surface area contributed by atoms with Crippen molar-refractivity contribution in [2.75, 3.05) is 38.7 Å². The van der Waals surface area contributed by atoms with E-state index >= 15 is 0 Å². The van der Waals surface area contributed by atoms with Crippen LogP contribution in [-0.2, 0) is 0 Å². The maximum Gasteiger partial charge on any atom is 0.164 e. The van der Waals surface area contributed by atoms with E-state index in [-0.39, 0.29) is 5.69 Å². The maximum absolute atomic E-state index is 13.5. The normalized spacial score (nSPS) is 14.5. The molecule has 1 saturated heterocycles. The summed E-state index contributed by atoms with van der Waals surface area (Å²) >= 11 is 0. The molecule has 0 aliphatic carbocycles. The molecular weight excluding hydrogens is 404 g/mol. The van der Waals surface area contributed by atoms with Crippen LogP contribution in [0.4, 0.5) is 20.3 Å². The van der Waals surface area contributed by atoms with Gasteiger partial charge in [-0.2, -0.15) is 0 Å². The molecule has 1 aromatic heterocycles. The standard InChI is InChI=1S/C22H25F2N5O2/c1-30-20-13-18-19(14-21(20)31-9-5-8-29-6-3-2-4-7-29)26-28-27-22(18)25-17-11-15(23)10-16(24)12-17/h10-14H,2-9H2,1H3,(H,25,26,27). The van der Waals surface area contributed by atoms with Crippen molar-refractivity contribution in [3.05, 3.63) is 42.0 Å². The zero-order chi connectivity index (χ0) is 21.6. The van der Waals surface area contributed by atoms with Crippen LogP contribution in [0.25, 0.3) is 10.9 Å². The fraction of sp³-hybridized carbons (Fsp3) is 0.409. The number of hydrogen-bond donors (Lipinski definition) is 1. The Balaban J connectivity index is 1.49. The highest BCUT2D eigenvalue weighted by Crippen LogP contribution is 2.34. The summed E-state index contributed by atoms with van der Waals surface area (Å²) in [6, 6.07) is 6.62. The Morgan fingerprint density at radius 2 is 1.74 bits per heavy atom. The van der Waals surface area contributed by atoms with Crippen LogP contribution >= 0.6 is 0 Å². The van der Waals surface area contributed by atoms with Crippen LogP contribution in [0.3, 0.4) is 0 Å². The Labute approximate surface area is 179 Å². The van der Waals surface area contributed by atoms with Gasteiger partial charge in [0.25, 0.3) is 0 Å². The van der Waals surface area contributed by atoms with Crippen LogP contribution in [0.15, 0.2) is 30.3 Å². The highest BCUT2D eigenvalue weighted by Gasteiger charge is 2.14. The van der Waals surface area contributed by atoms with Crippen molar-refractivity contribution in [2.24, 2.45) is 0 Å². The molecule has 0 bridgehead atoms. The monoisotopic (exact) mass is 429 g/mol. The number of methoxy groups -OCH3 is 1. The molecule has 0 atom stereocenters. The Kier molecular flexibility index (Phi) is 6.71. The van der Waals surface area contributed by atoms with E-state index in [0.717, 1.165) is 32.1 Å². The lowest BCUT2D eigenvalue weighted by Gasteiger charge is -2.26. The Morgan fingerprint density at radius 3 is 2.48 bits per heavy atom. The molecule has 9 heteroatoms. The average molecular weight is 429 g/mol. The molecule has 2 heterocycles. The van der Waals surface area contributed by atoms with Gasteiger partial charge < -0.3 is 19.7 Å². The molecule has 1 aliphatic rings. The third-order valence-corrected chi connectivity index (χ3v) is 5.28. The largest absolute Gasteiger partial charge is 0.493 e. The molecule has 0 saturated carbocycles. The third kappa shape index (κ3) is 5.35. The van der Waals surface area contributed by atoms with E-state index in [0.29, 0.717) is 34.8 Å². The number of aromatic nitrogens is 3. The molecule has 164 valence electrons. The molecule has 3 aromatic rings. The number of benzene rings is 2. The Hall–Kier alpha value is -3.07. The number of nitrogens with zero attached hydrogens (tertiary/aromatic N) is 4. The molecule has 0 radical (unpaired) electrons. The van der Waals surface area contributed by atoms with E-state index < -0.39 is 11.6 Å². The van der Waals surface area contributed by atoms with Crippen LogP contribution < -0.4 is 14.8 Å². The van der Waals surface area contributed by atoms with Crippen molar-refractivity contribution in [1.29, 1.82) is 0 Å². The van der Waals surface area contributed by atoms with E-state index in [1.165, 1.54) is 31.4 Å². The number of ether oxygens (including phenoxy) is 2. The van der Waals surface area contributed by atoms with Crippen molar-refractivity contribution in [3.8, 4) is 11.5 Å². The van der Waals surface area contributed by atoms with Crippen LogP contribution in [0.5, 0.6) is 11.5 Å². The molecule has 1 N–H and O–H groups in total. The fourth-order valence-electron chi connectivity index (χ4n) is 3.77. The van der Waals surface area contributed by atoms with Gasteiger partial charge in [0.15, 0.2) is 17.3 Å². The Morgan fingerprint density at radius 1 is 0.968 bits per heavy atom. The van der Waals surface area contributed by atoms with Gasteiger partial charge >= 0.3 is 0 Å². The molecule has 2 aromatic carbocycles. The van der Waals surface area contributed by atoms with Crippen LogP contribution in [0.1, 0.15) is 25.7 Å². The van der Waals surface area contributed by atoms with E-state index in [9.17, 15) is 8.78 Å². The van der Waals surface area contributed by atoms with E-state index in [1.54, 1.807) is 19.2 Å². The lowest BCUT2D eigenvalue weighted by molar-refractivity contribution is 0.203. The molecule has 4 rings (SSSR count). The van der Waals surface area contributed by atoms with Gasteiger partial charge in [0.05, 0.1) is 19.1 Å². The second-order valence-electron chi connectivity index (χ2n) is 7.55. The van der Waals surface area contributed by atoms with Crippen molar-refractivity contribution in [2.45, 2.75) is 25.7 Å². The summed E-state index contributed by atoms with van der Waals surface area (Å²) in [7, 11) is 1.55. The molecule has 1 fully saturated rings. The summed E-state index contributed by atoms with van der Waals surface area (Å²) in [5, 5.41) is 15.3. The van der Waals surface area contributed by atoms with Gasteiger partial charge in [0.1, 0.15) is 17.2 Å². The summed E-state index contributed by atoms with van der Waals surface area (Å²) in [6.45, 7) is 3.89. The smallest absolute Gasteiger partial charge is 0.164 e. The highest BCUT2D eigenvalue weighted by molar-refractivity contribution is 5.92. The first-order valence-corrected chi connectivity index (χ1v) is 10.4. The summed E-state index contributed by atoms with van der Waals surface area (Å²) in [4.78, 5) is 2.47. The van der Waals surface area contributed by atoms with Crippen LogP contribution in [0, 0.1) is 11.6 Å². The number of piperidine rings is 1. The topological polar surface area (TPSA) is 72.4 Å². The first-order valence-electron chi connectivity index (χ1n) is 10.4. The van der Waals surface area contributed by atoms with Crippen molar-refractivity contribution in [3.63, 3.8) is 0 Å². The fourth-order valence-corrected chi connectivity index (χ4v) is 3.77. The zero-order valence-electron chi connectivity index (χ0n) is 17.4. The summed E-state index contributed by atoms with van der Waals surface area (Å²) < 4.78 is 38.5. The second kappa shape index (κ2) is 9.82. The maximum atomic E-state index is 13.5. The molecule has 0 spiro atoms. The van der Waals surface area contributed by atoms with Gasteiger partial charge in [-0.25, -0.2) is 8.78 Å². The van der Waals surface area contributed by atoms with Gasteiger partial charge in [-0.15, -0.1) is 10.2 Å². The van der Waals surface area contributed by atoms with Gasteiger partial charge in [0.2, 0.25) is 0 Å². The molecule has 7 nitrogen and oxygen atoms in total. The number of anilines is 2. The van der Waals surface area contributed by atoms with Crippen LogP contribution in [-0.4, -0.2) is 53.7 Å². The van der Waals surface area contributed by atoms with Gasteiger partial charge in [-0.1, -0.05) is 6.42 Å². The van der Waals surface area contributed by atoms with Crippen molar-refractivity contribution < 1.29 is 18.3 Å². The molecule has 0 unspecified atom stereocenters. The average Bonchev–Trinajstić information content (AvgIpc) is 2.76. The predicted molar refractivity (Wildman–Crippen MR) is 114 cm³/mol. The first-order chi connectivity index (χ1) is 15.1. The highest BCUT2D eigenvalue weighted by atomic mass is 19.1. The van der Waals surface area contributed by atoms with E-state index in [1.807, 2.05) is 0 Å². The second-order valence-corrected chi connectivity index (χ2v) is 7.55. The van der Waals surface area contributed by atoms with E-state index in [4.69, 9.17) is 9.47 Å². The number of hydrogen-bond acceptors (Lipinski definition) is 7. The SMILES string of the molecule is COc1cc2c(Nc3cc(F)cc(F)c3)nnnc2cc1OCCCN1CCCCC1. The summed E-state index contributed by atoms with van der Waals surface area (Å²) in [5.74, 6) is 0.0221. The first kappa shape index (κ1) is 21.2. The number of fused-ring (bicyclic) bond motifs is 1. The summed E-state index contributed by atoms with van der Waals surface area (Å²) in [6.07, 6.45) is 4.78. The molecule has 1 aliphatic heterocycles. The van der Waals surface area contributed by atoms with Gasteiger partial charge in [-0.3, -0.25) is 0 Å². The minimum absolute atomic E-state index is 0.219. The van der Waals surface area contributed by atoms with Gasteiger partial charge in [0, 0.05) is 24.4 Å². The van der Waals surface area contributed by atoms with Crippen molar-refractivity contribution in [1.82, 2.24) is 20.3 Å². The molecule has 0 amide bonds. The third-order valence-electron chi connectivity index (χ3n) is 5.28. The van der Waals surface area contributed by atoms with Crippen LogP contribution in [0.2, 0.25) is 0 Å². The number of likely N-dealkylation sites (tertiary alicyclic amines) is 1. The van der Waals surface area contributed by atoms with Gasteiger partial charge in [-0.05, 0) is 55.8 Å². The van der Waals surface area contributed by atoms with E-state index in [2.05, 4.69) is 25.6 Å². The zero-order valence-corrected chi connectivity index (χ0v) is 17.4. The minimum atomic E-state index is -0.688. The predicted octanol–water partition coefficient (Wildman–Crippen LogP) is 4.31. The minimum Gasteiger partial charge on any atom is -0.493 e. The Bertz CT molecular complexity index is 1020. The molecular formula is C22H25F2N5O2. The quantitative estimate of drug-likeness (QED) is 0.535. The number of halogens is 2. The lowest BCUT2D eigenvalue weighted by atomic mass is 10.1. The number of rotatable bonds is 8. The van der Waals surface area contributed by atoms with Crippen molar-refractivity contribution >= 4 is 22.4 Å². The molecule has 31 heavy (non-hydrogen) atoms. The number of nitrogens with one attached hydrogen (secondary N) is 1. The summed E-state index contributed by atoms with van der Waals surface area (Å²) in [5.41, 5.74) is 0.748.